The number of nitrogens with zero attached hydrogens (tertiary/aromatic N) is 1. The zero-order valence-corrected chi connectivity index (χ0v) is 10.3. The molecule has 4 heteroatoms. The first-order valence-electron chi connectivity index (χ1n) is 5.88. The van der Waals surface area contributed by atoms with Crippen LogP contribution in [-0.2, 0) is 0 Å². The fraction of sp³-hybridized carbons (Fsp3) is 0.0667. The Morgan fingerprint density at radius 2 is 2.16 bits per heavy atom. The molecule has 3 rings (SSSR count). The summed E-state index contributed by atoms with van der Waals surface area (Å²) in [5, 5.41) is 0.517. The second-order valence-corrected chi connectivity index (χ2v) is 4.41. The van der Waals surface area contributed by atoms with Gasteiger partial charge in [-0.2, -0.15) is 0 Å². The van der Waals surface area contributed by atoms with Crippen molar-refractivity contribution >= 4 is 17.2 Å². The van der Waals surface area contributed by atoms with Crippen molar-refractivity contribution in [3.63, 3.8) is 0 Å². The molecule has 0 spiro atoms. The molecule has 0 aliphatic rings. The van der Waals surface area contributed by atoms with Crippen molar-refractivity contribution in [2.24, 2.45) is 0 Å². The maximum atomic E-state index is 13.7. The molecular formula is C15H11FN2O. The van der Waals surface area contributed by atoms with Crippen molar-refractivity contribution < 1.29 is 9.18 Å². The maximum absolute atomic E-state index is 13.7. The van der Waals surface area contributed by atoms with Gasteiger partial charge >= 0.3 is 0 Å². The summed E-state index contributed by atoms with van der Waals surface area (Å²) < 4.78 is 13.7. The number of aldehydes is 1. The molecule has 2 aromatic heterocycles. The SMILES string of the molecule is Cc1cc(-c2cc3c(F)cccc3[nH]2)c(C=O)cn1. The van der Waals surface area contributed by atoms with Crippen LogP contribution >= 0.6 is 0 Å². The third kappa shape index (κ3) is 1.91. The largest absolute Gasteiger partial charge is 0.354 e. The Kier molecular flexibility index (Phi) is 2.63. The van der Waals surface area contributed by atoms with Gasteiger partial charge in [0, 0.05) is 39.6 Å². The van der Waals surface area contributed by atoms with E-state index < -0.39 is 0 Å². The zero-order valence-electron chi connectivity index (χ0n) is 10.3. The zero-order chi connectivity index (χ0) is 13.4. The number of halogens is 1. The minimum absolute atomic E-state index is 0.279. The van der Waals surface area contributed by atoms with Crippen LogP contribution in [0.1, 0.15) is 16.1 Å². The number of aromatic nitrogens is 2. The van der Waals surface area contributed by atoms with Gasteiger partial charge in [-0.1, -0.05) is 6.07 Å². The average molecular weight is 254 g/mol. The minimum atomic E-state index is -0.279. The van der Waals surface area contributed by atoms with Crippen molar-refractivity contribution in [3.8, 4) is 11.3 Å². The number of carbonyl (C=O) groups is 1. The molecule has 0 aliphatic heterocycles. The summed E-state index contributed by atoms with van der Waals surface area (Å²) in [6, 6.07) is 8.39. The molecule has 0 radical (unpaired) electrons. The molecule has 0 aliphatic carbocycles. The molecule has 1 N–H and O–H groups in total. The highest BCUT2D eigenvalue weighted by atomic mass is 19.1. The van der Waals surface area contributed by atoms with Crippen LogP contribution < -0.4 is 0 Å². The Morgan fingerprint density at radius 1 is 1.32 bits per heavy atom. The van der Waals surface area contributed by atoms with Gasteiger partial charge in [-0.05, 0) is 31.2 Å². The molecule has 19 heavy (non-hydrogen) atoms. The van der Waals surface area contributed by atoms with Crippen LogP contribution in [-0.4, -0.2) is 16.3 Å². The van der Waals surface area contributed by atoms with E-state index in [0.29, 0.717) is 22.2 Å². The van der Waals surface area contributed by atoms with E-state index in [1.807, 2.05) is 13.0 Å². The van der Waals surface area contributed by atoms with Crippen molar-refractivity contribution in [3.05, 3.63) is 53.6 Å². The van der Waals surface area contributed by atoms with Crippen LogP contribution in [0.2, 0.25) is 0 Å². The summed E-state index contributed by atoms with van der Waals surface area (Å²) in [6.07, 6.45) is 2.28. The van der Waals surface area contributed by atoms with Crippen LogP contribution in [0.3, 0.4) is 0 Å². The van der Waals surface area contributed by atoms with E-state index in [0.717, 1.165) is 17.5 Å². The first kappa shape index (κ1) is 11.6. The predicted molar refractivity (Wildman–Crippen MR) is 71.6 cm³/mol. The number of benzene rings is 1. The monoisotopic (exact) mass is 254 g/mol. The molecule has 1 aromatic carbocycles. The lowest BCUT2D eigenvalue weighted by atomic mass is 10.1. The maximum Gasteiger partial charge on any atom is 0.152 e. The standard InChI is InChI=1S/C15H11FN2O/c1-9-5-11(10(8-19)7-17-9)15-6-12-13(16)3-2-4-14(12)18-15/h2-8,18H,1H3. The summed E-state index contributed by atoms with van der Waals surface area (Å²) in [5.74, 6) is -0.279. The summed E-state index contributed by atoms with van der Waals surface area (Å²) in [6.45, 7) is 1.85. The van der Waals surface area contributed by atoms with Gasteiger partial charge in [0.05, 0.1) is 0 Å². The molecule has 0 saturated carbocycles. The van der Waals surface area contributed by atoms with Gasteiger partial charge in [-0.15, -0.1) is 0 Å². The quantitative estimate of drug-likeness (QED) is 0.711. The van der Waals surface area contributed by atoms with Gasteiger partial charge in [-0.25, -0.2) is 4.39 Å². The van der Waals surface area contributed by atoms with Crippen molar-refractivity contribution in [1.29, 1.82) is 0 Å². The molecule has 0 atom stereocenters. The van der Waals surface area contributed by atoms with E-state index in [2.05, 4.69) is 9.97 Å². The number of aromatic amines is 1. The van der Waals surface area contributed by atoms with E-state index in [9.17, 15) is 9.18 Å². The summed E-state index contributed by atoms with van der Waals surface area (Å²) in [4.78, 5) is 18.3. The number of fused-ring (bicyclic) bond motifs is 1. The number of hydrogen-bond acceptors (Lipinski definition) is 2. The third-order valence-corrected chi connectivity index (χ3v) is 3.10. The number of H-pyrrole nitrogens is 1. The topological polar surface area (TPSA) is 45.8 Å². The fourth-order valence-electron chi connectivity index (χ4n) is 2.16. The number of hydrogen-bond donors (Lipinski definition) is 1. The number of nitrogens with one attached hydrogen (secondary N) is 1. The van der Waals surface area contributed by atoms with Crippen LogP contribution in [0.15, 0.2) is 36.5 Å². The van der Waals surface area contributed by atoms with Crippen molar-refractivity contribution in [1.82, 2.24) is 9.97 Å². The second-order valence-electron chi connectivity index (χ2n) is 4.41. The first-order chi connectivity index (χ1) is 9.19. The molecule has 0 unspecified atom stereocenters. The van der Waals surface area contributed by atoms with Crippen LogP contribution in [0.25, 0.3) is 22.2 Å². The number of rotatable bonds is 2. The molecule has 0 saturated heterocycles. The van der Waals surface area contributed by atoms with E-state index in [4.69, 9.17) is 0 Å². The fourth-order valence-corrected chi connectivity index (χ4v) is 2.16. The lowest BCUT2D eigenvalue weighted by Gasteiger charge is -2.02. The van der Waals surface area contributed by atoms with E-state index in [-0.39, 0.29) is 5.82 Å². The van der Waals surface area contributed by atoms with E-state index in [1.165, 1.54) is 12.3 Å². The average Bonchev–Trinajstić information content (AvgIpc) is 2.84. The van der Waals surface area contributed by atoms with Gasteiger partial charge in [0.25, 0.3) is 0 Å². The second kappa shape index (κ2) is 4.31. The first-order valence-corrected chi connectivity index (χ1v) is 5.88. The summed E-state index contributed by atoms with van der Waals surface area (Å²) in [5.41, 5.74) is 3.45. The lowest BCUT2D eigenvalue weighted by Crippen LogP contribution is -1.91. The Balaban J connectivity index is 2.27. The summed E-state index contributed by atoms with van der Waals surface area (Å²) >= 11 is 0. The smallest absolute Gasteiger partial charge is 0.152 e. The number of pyridine rings is 1. The molecule has 94 valence electrons. The van der Waals surface area contributed by atoms with Gasteiger partial charge < -0.3 is 4.98 Å². The molecular weight excluding hydrogens is 243 g/mol. The van der Waals surface area contributed by atoms with E-state index in [1.54, 1.807) is 18.2 Å². The third-order valence-electron chi connectivity index (χ3n) is 3.10. The van der Waals surface area contributed by atoms with Gasteiger partial charge in [0.1, 0.15) is 5.82 Å². The molecule has 3 aromatic rings. The molecule has 2 heterocycles. The summed E-state index contributed by atoms with van der Waals surface area (Å²) in [7, 11) is 0. The normalized spacial score (nSPS) is 10.8. The minimum Gasteiger partial charge on any atom is -0.354 e. The molecule has 3 nitrogen and oxygen atoms in total. The van der Waals surface area contributed by atoms with Crippen molar-refractivity contribution in [2.75, 3.05) is 0 Å². The van der Waals surface area contributed by atoms with Gasteiger partial charge in [0.2, 0.25) is 0 Å². The Labute approximate surface area is 109 Å². The Morgan fingerprint density at radius 3 is 2.89 bits per heavy atom. The van der Waals surface area contributed by atoms with Crippen LogP contribution in [0.4, 0.5) is 4.39 Å². The molecule has 0 amide bonds. The van der Waals surface area contributed by atoms with Crippen LogP contribution in [0.5, 0.6) is 0 Å². The highest BCUT2D eigenvalue weighted by molar-refractivity contribution is 5.91. The Bertz CT molecular complexity index is 777. The predicted octanol–water partition coefficient (Wildman–Crippen LogP) is 3.49. The van der Waals surface area contributed by atoms with Gasteiger partial charge in [0.15, 0.2) is 6.29 Å². The van der Waals surface area contributed by atoms with Crippen molar-refractivity contribution in [2.45, 2.75) is 6.92 Å². The van der Waals surface area contributed by atoms with Gasteiger partial charge in [-0.3, -0.25) is 9.78 Å². The lowest BCUT2D eigenvalue weighted by molar-refractivity contribution is 0.112. The highest BCUT2D eigenvalue weighted by Gasteiger charge is 2.10. The molecule has 0 bridgehead atoms. The number of carbonyl (C=O) groups excluding carboxylic acids is 1. The van der Waals surface area contributed by atoms with E-state index >= 15 is 0 Å². The number of aryl methyl sites for hydroxylation is 1. The molecule has 0 fully saturated rings. The van der Waals surface area contributed by atoms with Crippen LogP contribution in [0, 0.1) is 12.7 Å². The highest BCUT2D eigenvalue weighted by Crippen LogP contribution is 2.27. The Hall–Kier alpha value is -2.49.